The van der Waals surface area contributed by atoms with E-state index in [1.54, 1.807) is 48.5 Å². The first-order valence-electron chi connectivity index (χ1n) is 6.57. The molecular formula is C16H12ClN2O4-. The average molecular weight is 332 g/mol. The molecule has 0 aromatic heterocycles. The van der Waals surface area contributed by atoms with E-state index in [1.165, 1.54) is 6.21 Å². The molecule has 0 unspecified atom stereocenters. The van der Waals surface area contributed by atoms with E-state index in [4.69, 9.17) is 16.3 Å². The van der Waals surface area contributed by atoms with Crippen LogP contribution in [0.25, 0.3) is 0 Å². The fourth-order valence-electron chi connectivity index (χ4n) is 1.66. The van der Waals surface area contributed by atoms with Crippen molar-refractivity contribution >= 4 is 29.7 Å². The van der Waals surface area contributed by atoms with Crippen molar-refractivity contribution in [2.45, 2.75) is 0 Å². The number of ether oxygens (including phenoxy) is 1. The van der Waals surface area contributed by atoms with E-state index in [1.807, 2.05) is 0 Å². The standard InChI is InChI=1S/C16H13ClN2O4/c17-14-4-2-1-3-13(14)16(22)19-18-9-11-5-7-12(8-6-11)23-10-15(20)21/h1-9H,10H2,(H,19,22)(H,20,21)/p-1/b18-9-. The Morgan fingerprint density at radius 3 is 2.52 bits per heavy atom. The molecule has 6 nitrogen and oxygen atoms in total. The van der Waals surface area contributed by atoms with Gasteiger partial charge in [0.2, 0.25) is 0 Å². The molecule has 0 saturated heterocycles. The van der Waals surface area contributed by atoms with Gasteiger partial charge in [-0.25, -0.2) is 5.43 Å². The van der Waals surface area contributed by atoms with Crippen LogP contribution in [0.15, 0.2) is 53.6 Å². The molecule has 0 aliphatic rings. The molecule has 0 heterocycles. The lowest BCUT2D eigenvalue weighted by atomic mass is 10.2. The molecule has 0 atom stereocenters. The minimum atomic E-state index is -1.29. The molecule has 0 bridgehead atoms. The number of carboxylic acids is 1. The van der Waals surface area contributed by atoms with Gasteiger partial charge in [0.15, 0.2) is 0 Å². The average Bonchev–Trinajstić information content (AvgIpc) is 2.54. The first kappa shape index (κ1) is 16.5. The molecule has 2 aromatic rings. The third-order valence-corrected chi connectivity index (χ3v) is 3.06. The van der Waals surface area contributed by atoms with Crippen LogP contribution >= 0.6 is 11.6 Å². The number of carbonyl (C=O) groups excluding carboxylic acids is 2. The summed E-state index contributed by atoms with van der Waals surface area (Å²) in [5.74, 6) is -1.31. The first-order chi connectivity index (χ1) is 11.1. The van der Waals surface area contributed by atoms with E-state index >= 15 is 0 Å². The highest BCUT2D eigenvalue weighted by Gasteiger charge is 2.07. The minimum absolute atomic E-state index is 0.331. The smallest absolute Gasteiger partial charge is 0.272 e. The van der Waals surface area contributed by atoms with Crippen molar-refractivity contribution in [1.82, 2.24) is 5.43 Å². The van der Waals surface area contributed by atoms with Crippen LogP contribution in [-0.2, 0) is 4.79 Å². The van der Waals surface area contributed by atoms with Gasteiger partial charge in [0.05, 0.1) is 22.8 Å². The van der Waals surface area contributed by atoms with Crippen LogP contribution in [0, 0.1) is 0 Å². The Hall–Kier alpha value is -2.86. The number of carboxylic acid groups (broad SMARTS) is 1. The molecule has 23 heavy (non-hydrogen) atoms. The normalized spacial score (nSPS) is 10.5. The monoisotopic (exact) mass is 331 g/mol. The molecule has 0 aliphatic carbocycles. The molecular weight excluding hydrogens is 320 g/mol. The summed E-state index contributed by atoms with van der Waals surface area (Å²) in [6.07, 6.45) is 1.44. The number of hydrazone groups is 1. The summed E-state index contributed by atoms with van der Waals surface area (Å²) in [6.45, 7) is -0.513. The van der Waals surface area contributed by atoms with Gasteiger partial charge in [-0.15, -0.1) is 0 Å². The Morgan fingerprint density at radius 1 is 1.17 bits per heavy atom. The summed E-state index contributed by atoms with van der Waals surface area (Å²) in [4.78, 5) is 22.1. The highest BCUT2D eigenvalue weighted by Crippen LogP contribution is 2.14. The summed E-state index contributed by atoms with van der Waals surface area (Å²) < 4.78 is 4.95. The fraction of sp³-hybridized carbons (Fsp3) is 0.0625. The summed E-state index contributed by atoms with van der Waals surface area (Å²) in [5, 5.41) is 14.5. The van der Waals surface area contributed by atoms with Gasteiger partial charge in [-0.1, -0.05) is 23.7 Å². The van der Waals surface area contributed by atoms with Crippen LogP contribution in [0.1, 0.15) is 15.9 Å². The summed E-state index contributed by atoms with van der Waals surface area (Å²) in [7, 11) is 0. The van der Waals surface area contributed by atoms with Crippen molar-refractivity contribution in [2.24, 2.45) is 5.10 Å². The molecule has 2 rings (SSSR count). The lowest BCUT2D eigenvalue weighted by molar-refractivity contribution is -0.307. The minimum Gasteiger partial charge on any atom is -0.546 e. The van der Waals surface area contributed by atoms with Crippen LogP contribution in [-0.4, -0.2) is 24.7 Å². The van der Waals surface area contributed by atoms with Crippen molar-refractivity contribution < 1.29 is 19.4 Å². The van der Waals surface area contributed by atoms with Gasteiger partial charge >= 0.3 is 0 Å². The zero-order chi connectivity index (χ0) is 16.7. The van der Waals surface area contributed by atoms with Crippen molar-refractivity contribution in [1.29, 1.82) is 0 Å². The summed E-state index contributed by atoms with van der Waals surface area (Å²) in [5.41, 5.74) is 3.40. The predicted molar refractivity (Wildman–Crippen MR) is 83.5 cm³/mol. The van der Waals surface area contributed by atoms with E-state index in [0.29, 0.717) is 21.9 Å². The largest absolute Gasteiger partial charge is 0.546 e. The predicted octanol–water partition coefficient (Wildman–Crippen LogP) is 1.23. The van der Waals surface area contributed by atoms with Crippen molar-refractivity contribution in [2.75, 3.05) is 6.61 Å². The maximum atomic E-state index is 11.9. The highest BCUT2D eigenvalue weighted by molar-refractivity contribution is 6.33. The van der Waals surface area contributed by atoms with Crippen LogP contribution in [0.4, 0.5) is 0 Å². The Balaban J connectivity index is 1.92. The molecule has 2 aromatic carbocycles. The maximum Gasteiger partial charge on any atom is 0.272 e. The molecule has 0 radical (unpaired) electrons. The Labute approximate surface area is 137 Å². The Bertz CT molecular complexity index is 729. The van der Waals surface area contributed by atoms with Gasteiger partial charge in [0.25, 0.3) is 5.91 Å². The lowest BCUT2D eigenvalue weighted by Gasteiger charge is -2.06. The molecule has 1 N–H and O–H groups in total. The molecule has 1 amide bonds. The van der Waals surface area contributed by atoms with Crippen LogP contribution in [0.3, 0.4) is 0 Å². The topological polar surface area (TPSA) is 90.8 Å². The van der Waals surface area contributed by atoms with E-state index in [-0.39, 0.29) is 0 Å². The summed E-state index contributed by atoms with van der Waals surface area (Å²) in [6, 6.07) is 13.1. The number of aliphatic carboxylic acids is 1. The number of hydrogen-bond acceptors (Lipinski definition) is 5. The second-order valence-corrected chi connectivity index (χ2v) is 4.82. The van der Waals surface area contributed by atoms with Crippen molar-refractivity contribution in [3.8, 4) is 5.75 Å². The van der Waals surface area contributed by atoms with E-state index in [2.05, 4.69) is 10.5 Å². The van der Waals surface area contributed by atoms with Gasteiger partial charge in [-0.3, -0.25) is 4.79 Å². The number of hydrogen-bond donors (Lipinski definition) is 1. The summed E-state index contributed by atoms with van der Waals surface area (Å²) >= 11 is 5.91. The highest BCUT2D eigenvalue weighted by atomic mass is 35.5. The Morgan fingerprint density at radius 2 is 1.87 bits per heavy atom. The first-order valence-corrected chi connectivity index (χ1v) is 6.94. The number of carbonyl (C=O) groups is 2. The van der Waals surface area contributed by atoms with Gasteiger partial charge in [0, 0.05) is 0 Å². The second kappa shape index (κ2) is 7.95. The quantitative estimate of drug-likeness (QED) is 0.636. The SMILES string of the molecule is O=C([O-])COc1ccc(/C=N\NC(=O)c2ccccc2Cl)cc1. The Kier molecular flexibility index (Phi) is 5.71. The number of halogens is 1. The van der Waals surface area contributed by atoms with E-state index in [9.17, 15) is 14.7 Å². The van der Waals surface area contributed by atoms with Gasteiger partial charge in [0.1, 0.15) is 12.4 Å². The molecule has 0 aliphatic heterocycles. The van der Waals surface area contributed by atoms with Gasteiger partial charge < -0.3 is 14.6 Å². The van der Waals surface area contributed by atoms with Gasteiger partial charge in [-0.05, 0) is 42.0 Å². The molecule has 0 spiro atoms. The van der Waals surface area contributed by atoms with Gasteiger partial charge in [-0.2, -0.15) is 5.10 Å². The maximum absolute atomic E-state index is 11.9. The van der Waals surface area contributed by atoms with Crippen LogP contribution in [0.5, 0.6) is 5.75 Å². The van der Waals surface area contributed by atoms with E-state index in [0.717, 1.165) is 0 Å². The fourth-order valence-corrected chi connectivity index (χ4v) is 1.88. The van der Waals surface area contributed by atoms with Crippen LogP contribution < -0.4 is 15.3 Å². The third kappa shape index (κ3) is 5.12. The van der Waals surface area contributed by atoms with E-state index < -0.39 is 18.5 Å². The lowest BCUT2D eigenvalue weighted by Crippen LogP contribution is -2.28. The molecule has 118 valence electrons. The zero-order valence-corrected chi connectivity index (χ0v) is 12.6. The zero-order valence-electron chi connectivity index (χ0n) is 11.9. The number of amides is 1. The van der Waals surface area contributed by atoms with Crippen LogP contribution in [0.2, 0.25) is 5.02 Å². The number of nitrogens with zero attached hydrogens (tertiary/aromatic N) is 1. The molecule has 7 heteroatoms. The second-order valence-electron chi connectivity index (χ2n) is 4.41. The number of rotatable bonds is 6. The third-order valence-electron chi connectivity index (χ3n) is 2.73. The van der Waals surface area contributed by atoms with Crippen molar-refractivity contribution in [3.05, 3.63) is 64.7 Å². The number of benzene rings is 2. The number of nitrogens with one attached hydrogen (secondary N) is 1. The van der Waals surface area contributed by atoms with Crippen molar-refractivity contribution in [3.63, 3.8) is 0 Å². The molecule has 0 saturated carbocycles. The molecule has 0 fully saturated rings.